The van der Waals surface area contributed by atoms with Crippen molar-refractivity contribution in [2.24, 2.45) is 0 Å². The van der Waals surface area contributed by atoms with E-state index in [2.05, 4.69) is 0 Å². The second kappa shape index (κ2) is 6.10. The molecule has 0 radical (unpaired) electrons. The highest BCUT2D eigenvalue weighted by molar-refractivity contribution is 5.83. The Bertz CT molecular complexity index is 598. The predicted octanol–water partition coefficient (Wildman–Crippen LogP) is 3.19. The first-order chi connectivity index (χ1) is 9.71. The van der Waals surface area contributed by atoms with Crippen molar-refractivity contribution < 1.29 is 19.0 Å². The molecule has 104 valence electrons. The Morgan fingerprint density at radius 2 is 1.45 bits per heavy atom. The van der Waals surface area contributed by atoms with Crippen LogP contribution in [0, 0.1) is 0 Å². The fourth-order valence-corrected chi connectivity index (χ4v) is 1.98. The number of hydrogen-bond acceptors (Lipinski definition) is 4. The van der Waals surface area contributed by atoms with Gasteiger partial charge in [-0.25, -0.2) is 0 Å². The van der Waals surface area contributed by atoms with Crippen molar-refractivity contribution in [1.29, 1.82) is 0 Å². The average Bonchev–Trinajstić information content (AvgIpc) is 2.53. The molecule has 0 aliphatic rings. The number of hydrogen-bond donors (Lipinski definition) is 0. The molecule has 0 aromatic heterocycles. The second-order valence-electron chi connectivity index (χ2n) is 4.18. The van der Waals surface area contributed by atoms with Gasteiger partial charge in [0.05, 0.1) is 26.9 Å². The van der Waals surface area contributed by atoms with Gasteiger partial charge in [-0.3, -0.25) is 4.79 Å². The lowest BCUT2D eigenvalue weighted by atomic mass is 10.0. The van der Waals surface area contributed by atoms with Crippen LogP contribution >= 0.6 is 0 Å². The summed E-state index contributed by atoms with van der Waals surface area (Å²) in [6.07, 6.45) is 0.778. The largest absolute Gasteiger partial charge is 0.497 e. The van der Waals surface area contributed by atoms with Gasteiger partial charge in [0, 0.05) is 6.07 Å². The Hall–Kier alpha value is -2.49. The molecule has 0 heterocycles. The van der Waals surface area contributed by atoms with E-state index in [4.69, 9.17) is 14.2 Å². The van der Waals surface area contributed by atoms with Gasteiger partial charge in [-0.2, -0.15) is 0 Å². The highest BCUT2D eigenvalue weighted by Crippen LogP contribution is 2.31. The van der Waals surface area contributed by atoms with Crippen molar-refractivity contribution in [3.05, 3.63) is 42.0 Å². The van der Waals surface area contributed by atoms with E-state index in [1.54, 1.807) is 32.4 Å². The minimum absolute atomic E-state index is 0.506. The first-order valence-corrected chi connectivity index (χ1v) is 6.08. The number of carbonyl (C=O) groups is 1. The molecule has 0 amide bonds. The zero-order chi connectivity index (χ0) is 14.5. The number of carbonyl (C=O) groups excluding carboxylic acids is 1. The average molecular weight is 272 g/mol. The monoisotopic (exact) mass is 272 g/mol. The summed E-state index contributed by atoms with van der Waals surface area (Å²) in [5.74, 6) is 1.95. The highest BCUT2D eigenvalue weighted by Gasteiger charge is 2.08. The Labute approximate surface area is 117 Å². The molecule has 0 aliphatic heterocycles. The topological polar surface area (TPSA) is 44.8 Å². The molecule has 20 heavy (non-hydrogen) atoms. The van der Waals surface area contributed by atoms with Crippen molar-refractivity contribution in [3.8, 4) is 28.4 Å². The molecule has 0 aliphatic carbocycles. The van der Waals surface area contributed by atoms with Crippen molar-refractivity contribution in [2.75, 3.05) is 21.3 Å². The molecule has 0 unspecified atom stereocenters. The summed E-state index contributed by atoms with van der Waals surface area (Å²) < 4.78 is 15.6. The van der Waals surface area contributed by atoms with Gasteiger partial charge in [-0.05, 0) is 35.4 Å². The van der Waals surface area contributed by atoms with Gasteiger partial charge in [0.2, 0.25) is 0 Å². The Morgan fingerprint density at radius 3 is 1.95 bits per heavy atom. The van der Waals surface area contributed by atoms with E-state index in [1.165, 1.54) is 7.11 Å². The standard InChI is InChI=1S/C16H16O4/c1-18-14-7-12(8-15(9-14)19-2)11-4-5-16(20-3)13(6-11)10-17/h4-10H,1-3H3. The van der Waals surface area contributed by atoms with Crippen molar-refractivity contribution in [3.63, 3.8) is 0 Å². The van der Waals surface area contributed by atoms with Crippen LogP contribution < -0.4 is 14.2 Å². The Morgan fingerprint density at radius 1 is 0.800 bits per heavy atom. The quantitative estimate of drug-likeness (QED) is 0.784. The van der Waals surface area contributed by atoms with Gasteiger partial charge in [0.15, 0.2) is 6.29 Å². The highest BCUT2D eigenvalue weighted by atomic mass is 16.5. The van der Waals surface area contributed by atoms with Crippen LogP contribution in [-0.4, -0.2) is 27.6 Å². The van der Waals surface area contributed by atoms with Crippen LogP contribution in [0.5, 0.6) is 17.2 Å². The molecular weight excluding hydrogens is 256 g/mol. The summed E-state index contributed by atoms with van der Waals surface area (Å²) in [6.45, 7) is 0. The molecule has 0 bridgehead atoms. The smallest absolute Gasteiger partial charge is 0.153 e. The molecule has 0 atom stereocenters. The van der Waals surface area contributed by atoms with Crippen LogP contribution in [0.25, 0.3) is 11.1 Å². The molecule has 2 aromatic carbocycles. The molecule has 2 rings (SSSR count). The molecule has 2 aromatic rings. The fourth-order valence-electron chi connectivity index (χ4n) is 1.98. The summed E-state index contributed by atoms with van der Waals surface area (Å²) in [5, 5.41) is 0. The number of rotatable bonds is 5. The van der Waals surface area contributed by atoms with Crippen LogP contribution in [0.4, 0.5) is 0 Å². The first kappa shape index (κ1) is 13.9. The summed E-state index contributed by atoms with van der Waals surface area (Å²) in [6, 6.07) is 11.0. The molecule has 0 saturated carbocycles. The maximum Gasteiger partial charge on any atom is 0.153 e. The Balaban J connectivity index is 2.52. The van der Waals surface area contributed by atoms with Crippen LogP contribution in [0.3, 0.4) is 0 Å². The van der Waals surface area contributed by atoms with E-state index in [0.717, 1.165) is 17.4 Å². The van der Waals surface area contributed by atoms with E-state index in [9.17, 15) is 4.79 Å². The van der Waals surface area contributed by atoms with Gasteiger partial charge in [0.25, 0.3) is 0 Å². The molecule has 0 N–H and O–H groups in total. The Kier molecular flexibility index (Phi) is 4.25. The maximum atomic E-state index is 11.1. The zero-order valence-corrected chi connectivity index (χ0v) is 11.7. The van der Waals surface area contributed by atoms with E-state index in [0.29, 0.717) is 22.8 Å². The molecule has 4 heteroatoms. The van der Waals surface area contributed by atoms with Gasteiger partial charge in [-0.15, -0.1) is 0 Å². The van der Waals surface area contributed by atoms with Crippen molar-refractivity contribution >= 4 is 6.29 Å². The van der Waals surface area contributed by atoms with E-state index in [-0.39, 0.29) is 0 Å². The molecule has 0 spiro atoms. The van der Waals surface area contributed by atoms with Gasteiger partial charge in [-0.1, -0.05) is 6.07 Å². The molecule has 0 fully saturated rings. The second-order valence-corrected chi connectivity index (χ2v) is 4.18. The minimum atomic E-state index is 0.506. The molecule has 0 saturated heterocycles. The molecular formula is C16H16O4. The van der Waals surface area contributed by atoms with Crippen molar-refractivity contribution in [2.45, 2.75) is 0 Å². The zero-order valence-electron chi connectivity index (χ0n) is 11.7. The fraction of sp³-hybridized carbons (Fsp3) is 0.188. The van der Waals surface area contributed by atoms with E-state index < -0.39 is 0 Å². The van der Waals surface area contributed by atoms with E-state index in [1.807, 2.05) is 18.2 Å². The number of methoxy groups -OCH3 is 3. The van der Waals surface area contributed by atoms with Crippen LogP contribution in [0.1, 0.15) is 10.4 Å². The minimum Gasteiger partial charge on any atom is -0.497 e. The van der Waals surface area contributed by atoms with Gasteiger partial charge < -0.3 is 14.2 Å². The third kappa shape index (κ3) is 2.74. The lowest BCUT2D eigenvalue weighted by molar-refractivity contribution is 0.112. The summed E-state index contributed by atoms with van der Waals surface area (Å²) in [4.78, 5) is 11.1. The predicted molar refractivity (Wildman–Crippen MR) is 76.9 cm³/mol. The first-order valence-electron chi connectivity index (χ1n) is 6.08. The van der Waals surface area contributed by atoms with Crippen LogP contribution in [-0.2, 0) is 0 Å². The summed E-state index contributed by atoms with van der Waals surface area (Å²) in [7, 11) is 4.74. The third-order valence-corrected chi connectivity index (χ3v) is 3.04. The maximum absolute atomic E-state index is 11.1. The van der Waals surface area contributed by atoms with E-state index >= 15 is 0 Å². The number of benzene rings is 2. The molecule has 4 nitrogen and oxygen atoms in total. The lowest BCUT2D eigenvalue weighted by Gasteiger charge is -2.10. The summed E-state index contributed by atoms with van der Waals surface area (Å²) in [5.41, 5.74) is 2.31. The lowest BCUT2D eigenvalue weighted by Crippen LogP contribution is -1.92. The van der Waals surface area contributed by atoms with Crippen molar-refractivity contribution in [1.82, 2.24) is 0 Å². The normalized spacial score (nSPS) is 9.95. The third-order valence-electron chi connectivity index (χ3n) is 3.04. The van der Waals surface area contributed by atoms with Crippen LogP contribution in [0.15, 0.2) is 36.4 Å². The number of ether oxygens (including phenoxy) is 3. The van der Waals surface area contributed by atoms with Gasteiger partial charge in [0.1, 0.15) is 17.2 Å². The number of aldehydes is 1. The van der Waals surface area contributed by atoms with Gasteiger partial charge >= 0.3 is 0 Å². The SMILES string of the molecule is COc1cc(OC)cc(-c2ccc(OC)c(C=O)c2)c1. The summed E-state index contributed by atoms with van der Waals surface area (Å²) >= 11 is 0. The van der Waals surface area contributed by atoms with Crippen LogP contribution in [0.2, 0.25) is 0 Å².